The number of anilines is 2. The predicted molar refractivity (Wildman–Crippen MR) is 153 cm³/mol. The summed E-state index contributed by atoms with van der Waals surface area (Å²) in [7, 11) is -4.11. The van der Waals surface area contributed by atoms with Crippen molar-refractivity contribution >= 4 is 44.9 Å². The second-order valence-electron chi connectivity index (χ2n) is 10.8. The maximum atomic E-state index is 14.5. The van der Waals surface area contributed by atoms with Crippen molar-refractivity contribution in [3.63, 3.8) is 0 Å². The van der Waals surface area contributed by atoms with Crippen molar-refractivity contribution in [2.45, 2.75) is 56.4 Å². The number of amides is 2. The average Bonchev–Trinajstić information content (AvgIpc) is 3.25. The third-order valence-corrected chi connectivity index (χ3v) is 9.61. The Labute approximate surface area is 254 Å². The van der Waals surface area contributed by atoms with Crippen LogP contribution in [0.1, 0.15) is 42.0 Å². The Morgan fingerprint density at radius 2 is 1.80 bits per heavy atom. The van der Waals surface area contributed by atoms with E-state index in [4.69, 9.17) is 11.6 Å². The van der Waals surface area contributed by atoms with Crippen LogP contribution in [0.5, 0.6) is 0 Å². The number of benzene rings is 2. The van der Waals surface area contributed by atoms with Crippen molar-refractivity contribution in [1.29, 1.82) is 0 Å². The van der Waals surface area contributed by atoms with Gasteiger partial charge >= 0.3 is 6.18 Å². The van der Waals surface area contributed by atoms with Gasteiger partial charge < -0.3 is 5.32 Å². The summed E-state index contributed by atoms with van der Waals surface area (Å²) in [4.78, 5) is 33.3. The second kappa shape index (κ2) is 11.6. The highest BCUT2D eigenvalue weighted by Gasteiger charge is 2.50. The van der Waals surface area contributed by atoms with Crippen molar-refractivity contribution in [2.75, 3.05) is 15.0 Å². The third-order valence-electron chi connectivity index (χ3n) is 7.48. The van der Waals surface area contributed by atoms with E-state index in [0.29, 0.717) is 11.6 Å². The number of aromatic nitrogens is 1. The number of carbonyl (C=O) groups excluding carboxylic acids is 2. The number of hydrogen-bond acceptors (Lipinski definition) is 5. The van der Waals surface area contributed by atoms with Crippen LogP contribution in [0.25, 0.3) is 0 Å². The van der Waals surface area contributed by atoms with Crippen LogP contribution in [0, 0.1) is 6.92 Å². The highest BCUT2D eigenvalue weighted by Crippen LogP contribution is 2.41. The van der Waals surface area contributed by atoms with Gasteiger partial charge in [0.25, 0.3) is 11.8 Å². The molecule has 5 rings (SSSR count). The second-order valence-corrected chi connectivity index (χ2v) is 13.1. The van der Waals surface area contributed by atoms with Gasteiger partial charge in [0.05, 0.1) is 11.3 Å². The number of halogens is 6. The predicted octanol–water partition coefficient (Wildman–Crippen LogP) is 5.66. The molecular weight excluding hydrogens is 631 g/mol. The number of nitrogens with one attached hydrogen (secondary N) is 1. The zero-order valence-corrected chi connectivity index (χ0v) is 24.6. The largest absolute Gasteiger partial charge is 0.416 e. The number of rotatable bonds is 7. The summed E-state index contributed by atoms with van der Waals surface area (Å²) in [6.45, 7) is 1.68. The molecule has 1 saturated carbocycles. The summed E-state index contributed by atoms with van der Waals surface area (Å²) in [5, 5.41) is 2.43. The summed E-state index contributed by atoms with van der Waals surface area (Å²) in [5.41, 5.74) is -0.903. The molecule has 0 unspecified atom stereocenters. The minimum atomic E-state index is -4.83. The fourth-order valence-electron chi connectivity index (χ4n) is 5.37. The Hall–Kier alpha value is -3.78. The number of hydrogen-bond donors (Lipinski definition) is 1. The first-order valence-corrected chi connectivity index (χ1v) is 15.4. The molecule has 3 aromatic rings. The minimum Gasteiger partial charge on any atom is -0.351 e. The summed E-state index contributed by atoms with van der Waals surface area (Å²) in [5.74, 6) is -5.58. The lowest BCUT2D eigenvalue weighted by Crippen LogP contribution is -2.56. The molecule has 1 aliphatic heterocycles. The first-order valence-electron chi connectivity index (χ1n) is 13.5. The lowest BCUT2D eigenvalue weighted by atomic mass is 9.87. The molecule has 2 aromatic carbocycles. The molecule has 1 saturated heterocycles. The standard InChI is InChI=1S/C29H26ClF5N4O4S/c1-17-9-11-36-24(13-17)39-23(10-12-44(39,42)43)27(41)38(20-6-4-5-18(14-20)29(33,34)35)25(21-7-2-3-8-22(21)30)26(40)37-19-15-28(31,32)16-19/h2-9,11,13-14,19,23,25H,10,12,15-16H2,1H3,(H,37,40)/t23-,25+/m0/s1. The Bertz CT molecular complexity index is 1700. The molecule has 0 radical (unpaired) electrons. The molecule has 0 spiro atoms. The van der Waals surface area contributed by atoms with Gasteiger partial charge in [0.1, 0.15) is 17.9 Å². The maximum absolute atomic E-state index is 14.5. The highest BCUT2D eigenvalue weighted by molar-refractivity contribution is 7.93. The van der Waals surface area contributed by atoms with Crippen LogP contribution in [0.4, 0.5) is 33.5 Å². The van der Waals surface area contributed by atoms with Crippen molar-refractivity contribution in [2.24, 2.45) is 0 Å². The zero-order valence-electron chi connectivity index (χ0n) is 23.1. The Morgan fingerprint density at radius 3 is 2.43 bits per heavy atom. The van der Waals surface area contributed by atoms with Gasteiger partial charge in [-0.25, -0.2) is 26.5 Å². The molecule has 2 fully saturated rings. The van der Waals surface area contributed by atoms with Gasteiger partial charge in [0.2, 0.25) is 15.9 Å². The van der Waals surface area contributed by atoms with Crippen LogP contribution in [0.15, 0.2) is 66.9 Å². The van der Waals surface area contributed by atoms with E-state index in [9.17, 15) is 40.0 Å². The van der Waals surface area contributed by atoms with Gasteiger partial charge in [-0.15, -0.1) is 0 Å². The molecular formula is C29H26ClF5N4O4S. The van der Waals surface area contributed by atoms with E-state index >= 15 is 0 Å². The SMILES string of the molecule is Cc1ccnc(N2[C@H](C(=O)N(c3cccc(C(F)(F)F)c3)[C@@H](C(=O)NC3CC(F)(F)C3)c3ccccc3Cl)CCS2(=O)=O)c1. The lowest BCUT2D eigenvalue weighted by molar-refractivity contribution is -0.137. The van der Waals surface area contributed by atoms with Crippen LogP contribution in [0.3, 0.4) is 0 Å². The van der Waals surface area contributed by atoms with E-state index in [1.165, 1.54) is 42.6 Å². The fraction of sp³-hybridized carbons (Fsp3) is 0.345. The minimum absolute atomic E-state index is 0.00963. The Morgan fingerprint density at radius 1 is 1.09 bits per heavy atom. The third kappa shape index (κ3) is 6.36. The van der Waals surface area contributed by atoms with E-state index in [0.717, 1.165) is 21.3 Å². The molecule has 2 aliphatic rings. The molecule has 2 heterocycles. The normalized spacial score (nSPS) is 20.1. The first kappa shape index (κ1) is 31.6. The van der Waals surface area contributed by atoms with Gasteiger partial charge in [-0.05, 0) is 55.3 Å². The van der Waals surface area contributed by atoms with E-state index in [-0.39, 0.29) is 28.5 Å². The molecule has 234 valence electrons. The summed E-state index contributed by atoms with van der Waals surface area (Å²) >= 11 is 6.45. The number of alkyl halides is 5. The number of sulfonamides is 1. The Balaban J connectivity index is 1.67. The molecule has 0 bridgehead atoms. The van der Waals surface area contributed by atoms with Crippen molar-refractivity contribution < 1.29 is 40.0 Å². The highest BCUT2D eigenvalue weighted by atomic mass is 35.5. The maximum Gasteiger partial charge on any atom is 0.416 e. The van der Waals surface area contributed by atoms with Crippen molar-refractivity contribution in [3.05, 3.63) is 88.6 Å². The zero-order chi connectivity index (χ0) is 32.0. The van der Waals surface area contributed by atoms with E-state index in [1.54, 1.807) is 13.0 Å². The van der Waals surface area contributed by atoms with Gasteiger partial charge in [-0.2, -0.15) is 13.2 Å². The molecule has 1 aliphatic carbocycles. The summed E-state index contributed by atoms with van der Waals surface area (Å²) < 4.78 is 96.0. The number of nitrogens with zero attached hydrogens (tertiary/aromatic N) is 3. The van der Waals surface area contributed by atoms with Crippen LogP contribution in [0.2, 0.25) is 5.02 Å². The summed E-state index contributed by atoms with van der Waals surface area (Å²) in [6, 6.07) is 8.23. The van der Waals surface area contributed by atoms with Crippen LogP contribution in [-0.4, -0.2) is 49.0 Å². The Kier molecular flexibility index (Phi) is 8.35. The smallest absolute Gasteiger partial charge is 0.351 e. The monoisotopic (exact) mass is 656 g/mol. The number of carbonyl (C=O) groups is 2. The van der Waals surface area contributed by atoms with Crippen molar-refractivity contribution in [3.8, 4) is 0 Å². The van der Waals surface area contributed by atoms with E-state index in [2.05, 4.69) is 10.3 Å². The van der Waals surface area contributed by atoms with Gasteiger partial charge in [-0.1, -0.05) is 35.9 Å². The molecule has 1 N–H and O–H groups in total. The summed E-state index contributed by atoms with van der Waals surface area (Å²) in [6.07, 6.45) is -5.09. The molecule has 8 nitrogen and oxygen atoms in total. The van der Waals surface area contributed by atoms with Gasteiger partial charge in [-0.3, -0.25) is 14.5 Å². The van der Waals surface area contributed by atoms with Crippen molar-refractivity contribution in [1.82, 2.24) is 10.3 Å². The topological polar surface area (TPSA) is 99.7 Å². The van der Waals surface area contributed by atoms with Gasteiger partial charge in [0.15, 0.2) is 0 Å². The van der Waals surface area contributed by atoms with Crippen LogP contribution < -0.4 is 14.5 Å². The van der Waals surface area contributed by atoms with Crippen LogP contribution in [-0.2, 0) is 25.8 Å². The molecule has 2 atom stereocenters. The lowest BCUT2D eigenvalue weighted by Gasteiger charge is -2.39. The molecule has 2 amide bonds. The van der Waals surface area contributed by atoms with E-state index < -0.39 is 76.2 Å². The number of aryl methyl sites for hydroxylation is 1. The quantitative estimate of drug-likeness (QED) is 0.331. The van der Waals surface area contributed by atoms with Gasteiger partial charge in [0, 0.05) is 41.4 Å². The fourth-order valence-corrected chi connectivity index (χ4v) is 7.30. The molecule has 1 aromatic heterocycles. The molecule has 15 heteroatoms. The average molecular weight is 657 g/mol. The molecule has 44 heavy (non-hydrogen) atoms. The van der Waals surface area contributed by atoms with E-state index in [1.807, 2.05) is 0 Å². The number of pyridine rings is 1. The first-order chi connectivity index (χ1) is 20.6. The van der Waals surface area contributed by atoms with Crippen LogP contribution >= 0.6 is 11.6 Å².